The summed E-state index contributed by atoms with van der Waals surface area (Å²) in [7, 11) is 0. The van der Waals surface area contributed by atoms with E-state index in [9.17, 15) is 9.59 Å². The number of nitrogens with zero attached hydrogens (tertiary/aromatic N) is 2. The lowest BCUT2D eigenvalue weighted by Gasteiger charge is -2.34. The zero-order valence-electron chi connectivity index (χ0n) is 15.5. The average Bonchev–Trinajstić information content (AvgIpc) is 2.57. The van der Waals surface area contributed by atoms with Gasteiger partial charge in [0, 0.05) is 39.3 Å². The molecular weight excluding hydrogens is 316 g/mol. The first-order valence-corrected chi connectivity index (χ1v) is 9.01. The normalized spacial score (nSPS) is 16.0. The van der Waals surface area contributed by atoms with Crippen molar-refractivity contribution in [2.24, 2.45) is 5.92 Å². The number of hydrogen-bond acceptors (Lipinski definition) is 4. The molecule has 0 aromatic heterocycles. The number of rotatable bonds is 6. The monoisotopic (exact) mass is 346 g/mol. The lowest BCUT2D eigenvalue weighted by atomic mass is 10.1. The molecule has 2 rings (SSSR count). The molecule has 6 nitrogen and oxygen atoms in total. The molecule has 0 saturated carbocycles. The predicted octanol–water partition coefficient (Wildman–Crippen LogP) is 1.59. The van der Waals surface area contributed by atoms with Gasteiger partial charge in [-0.25, -0.2) is 4.79 Å². The van der Waals surface area contributed by atoms with Gasteiger partial charge in [-0.15, -0.1) is 0 Å². The maximum absolute atomic E-state index is 12.0. The van der Waals surface area contributed by atoms with E-state index < -0.39 is 6.03 Å². The molecule has 1 saturated heterocycles. The number of carbonyl (C=O) groups is 2. The SMILES string of the molecule is Cc1ccccc1CN1CCN(CC(=O)NC(=O)NCC(C)C)CC1. The molecule has 6 heteroatoms. The summed E-state index contributed by atoms with van der Waals surface area (Å²) < 4.78 is 0. The molecule has 1 aliphatic rings. The predicted molar refractivity (Wildman–Crippen MR) is 99.3 cm³/mol. The van der Waals surface area contributed by atoms with Crippen molar-refractivity contribution >= 4 is 11.9 Å². The van der Waals surface area contributed by atoms with E-state index in [-0.39, 0.29) is 12.5 Å². The van der Waals surface area contributed by atoms with Gasteiger partial charge in [-0.3, -0.25) is 19.9 Å². The van der Waals surface area contributed by atoms with E-state index in [2.05, 4.69) is 51.6 Å². The van der Waals surface area contributed by atoms with Crippen molar-refractivity contribution in [1.82, 2.24) is 20.4 Å². The average molecular weight is 346 g/mol. The minimum Gasteiger partial charge on any atom is -0.338 e. The smallest absolute Gasteiger partial charge is 0.321 e. The van der Waals surface area contributed by atoms with Gasteiger partial charge in [-0.2, -0.15) is 0 Å². The molecule has 1 fully saturated rings. The molecule has 1 aromatic carbocycles. The Morgan fingerprint density at radius 1 is 1.08 bits per heavy atom. The molecule has 2 N–H and O–H groups in total. The standard InChI is InChI=1S/C19H30N4O2/c1-15(2)12-20-19(25)21-18(24)14-23-10-8-22(9-11-23)13-17-7-5-4-6-16(17)3/h4-7,15H,8-14H2,1-3H3,(H2,20,21,24,25). The van der Waals surface area contributed by atoms with Gasteiger partial charge in [-0.05, 0) is 24.0 Å². The molecule has 1 aliphatic heterocycles. The molecule has 0 radical (unpaired) electrons. The summed E-state index contributed by atoms with van der Waals surface area (Å²) in [6.07, 6.45) is 0. The largest absolute Gasteiger partial charge is 0.338 e. The van der Waals surface area contributed by atoms with Crippen LogP contribution in [-0.2, 0) is 11.3 Å². The fraction of sp³-hybridized carbons (Fsp3) is 0.579. The fourth-order valence-electron chi connectivity index (χ4n) is 2.84. The number of amides is 3. The first-order chi connectivity index (χ1) is 11.9. The minimum atomic E-state index is -0.406. The zero-order chi connectivity index (χ0) is 18.2. The lowest BCUT2D eigenvalue weighted by Crippen LogP contribution is -2.51. The van der Waals surface area contributed by atoms with Gasteiger partial charge in [0.15, 0.2) is 0 Å². The van der Waals surface area contributed by atoms with Crippen LogP contribution < -0.4 is 10.6 Å². The van der Waals surface area contributed by atoms with Crippen LogP contribution in [0.3, 0.4) is 0 Å². The Morgan fingerprint density at radius 2 is 1.72 bits per heavy atom. The Bertz CT molecular complexity index is 581. The van der Waals surface area contributed by atoms with Crippen molar-refractivity contribution < 1.29 is 9.59 Å². The lowest BCUT2D eigenvalue weighted by molar-refractivity contribution is -0.121. The number of carbonyl (C=O) groups excluding carboxylic acids is 2. The second kappa shape index (κ2) is 9.53. The van der Waals surface area contributed by atoms with Crippen molar-refractivity contribution in [3.63, 3.8) is 0 Å². The molecule has 25 heavy (non-hydrogen) atoms. The Morgan fingerprint density at radius 3 is 2.36 bits per heavy atom. The summed E-state index contributed by atoms with van der Waals surface area (Å²) in [5.41, 5.74) is 2.67. The van der Waals surface area contributed by atoms with Gasteiger partial charge < -0.3 is 5.32 Å². The summed E-state index contributed by atoms with van der Waals surface area (Å²) in [6, 6.07) is 8.04. The fourth-order valence-corrected chi connectivity index (χ4v) is 2.84. The Hall–Kier alpha value is -1.92. The minimum absolute atomic E-state index is 0.242. The van der Waals surface area contributed by atoms with Crippen molar-refractivity contribution in [2.75, 3.05) is 39.3 Å². The van der Waals surface area contributed by atoms with Crippen molar-refractivity contribution in [1.29, 1.82) is 0 Å². The van der Waals surface area contributed by atoms with Crippen LogP contribution in [0.5, 0.6) is 0 Å². The quantitative estimate of drug-likeness (QED) is 0.821. The number of hydrogen-bond donors (Lipinski definition) is 2. The third kappa shape index (κ3) is 6.84. The number of piperazine rings is 1. The second-order valence-electron chi connectivity index (χ2n) is 7.13. The summed E-state index contributed by atoms with van der Waals surface area (Å²) in [5, 5.41) is 5.09. The third-order valence-corrected chi connectivity index (χ3v) is 4.41. The van der Waals surface area contributed by atoms with E-state index in [1.807, 2.05) is 13.8 Å². The van der Waals surface area contributed by atoms with Crippen molar-refractivity contribution in [3.05, 3.63) is 35.4 Å². The number of aryl methyl sites for hydroxylation is 1. The maximum atomic E-state index is 12.0. The topological polar surface area (TPSA) is 64.7 Å². The Labute approximate surface area is 150 Å². The zero-order valence-corrected chi connectivity index (χ0v) is 15.5. The van der Waals surface area contributed by atoms with Gasteiger partial charge in [0.05, 0.1) is 6.54 Å². The van der Waals surface area contributed by atoms with Crippen LogP contribution in [0, 0.1) is 12.8 Å². The van der Waals surface area contributed by atoms with E-state index >= 15 is 0 Å². The van der Waals surface area contributed by atoms with E-state index in [4.69, 9.17) is 0 Å². The summed E-state index contributed by atoms with van der Waals surface area (Å²) >= 11 is 0. The van der Waals surface area contributed by atoms with E-state index in [0.717, 1.165) is 32.7 Å². The van der Waals surface area contributed by atoms with Crippen LogP contribution in [0.4, 0.5) is 4.79 Å². The molecule has 3 amide bonds. The van der Waals surface area contributed by atoms with Crippen LogP contribution in [0.15, 0.2) is 24.3 Å². The van der Waals surface area contributed by atoms with Crippen LogP contribution >= 0.6 is 0 Å². The summed E-state index contributed by atoms with van der Waals surface area (Å²) in [6.45, 7) is 11.5. The number of benzene rings is 1. The highest BCUT2D eigenvalue weighted by Crippen LogP contribution is 2.12. The van der Waals surface area contributed by atoms with E-state index in [1.165, 1.54) is 11.1 Å². The molecule has 1 heterocycles. The van der Waals surface area contributed by atoms with Crippen LogP contribution in [-0.4, -0.2) is 61.0 Å². The molecule has 0 spiro atoms. The molecule has 0 aliphatic carbocycles. The molecule has 0 atom stereocenters. The van der Waals surface area contributed by atoms with Crippen LogP contribution in [0.25, 0.3) is 0 Å². The highest BCUT2D eigenvalue weighted by atomic mass is 16.2. The Balaban J connectivity index is 1.69. The van der Waals surface area contributed by atoms with Crippen LogP contribution in [0.2, 0.25) is 0 Å². The first kappa shape index (κ1) is 19.4. The van der Waals surface area contributed by atoms with Crippen molar-refractivity contribution in [3.8, 4) is 0 Å². The molecule has 138 valence electrons. The molecule has 1 aromatic rings. The number of imide groups is 1. The Kier molecular flexibility index (Phi) is 7.40. The van der Waals surface area contributed by atoms with Gasteiger partial charge in [0.2, 0.25) is 5.91 Å². The maximum Gasteiger partial charge on any atom is 0.321 e. The van der Waals surface area contributed by atoms with E-state index in [1.54, 1.807) is 0 Å². The van der Waals surface area contributed by atoms with Gasteiger partial charge in [-0.1, -0.05) is 38.1 Å². The van der Waals surface area contributed by atoms with Gasteiger partial charge in [0.25, 0.3) is 0 Å². The first-order valence-electron chi connectivity index (χ1n) is 9.01. The highest BCUT2D eigenvalue weighted by molar-refractivity contribution is 5.95. The molecule has 0 bridgehead atoms. The number of nitrogens with one attached hydrogen (secondary N) is 2. The summed E-state index contributed by atoms with van der Waals surface area (Å²) in [4.78, 5) is 28.1. The van der Waals surface area contributed by atoms with Gasteiger partial charge >= 0.3 is 6.03 Å². The molecule has 0 unspecified atom stereocenters. The van der Waals surface area contributed by atoms with Gasteiger partial charge in [0.1, 0.15) is 0 Å². The van der Waals surface area contributed by atoms with E-state index in [0.29, 0.717) is 12.5 Å². The third-order valence-electron chi connectivity index (χ3n) is 4.41. The molecular formula is C19H30N4O2. The highest BCUT2D eigenvalue weighted by Gasteiger charge is 2.20. The number of urea groups is 1. The summed E-state index contributed by atoms with van der Waals surface area (Å²) in [5.74, 6) is 0.121. The van der Waals surface area contributed by atoms with Crippen molar-refractivity contribution in [2.45, 2.75) is 27.3 Å². The second-order valence-corrected chi connectivity index (χ2v) is 7.13. The van der Waals surface area contributed by atoms with Crippen LogP contribution in [0.1, 0.15) is 25.0 Å².